The molecule has 0 aromatic heterocycles. The predicted octanol–water partition coefficient (Wildman–Crippen LogP) is 4.83. The molecule has 0 saturated heterocycles. The van der Waals surface area contributed by atoms with Gasteiger partial charge < -0.3 is 15.0 Å². The van der Waals surface area contributed by atoms with Gasteiger partial charge in [0.1, 0.15) is 17.6 Å². The highest BCUT2D eigenvalue weighted by molar-refractivity contribution is 5.88. The van der Waals surface area contributed by atoms with E-state index in [1.54, 1.807) is 19.1 Å². The third-order valence-electron chi connectivity index (χ3n) is 5.48. The van der Waals surface area contributed by atoms with Crippen molar-refractivity contribution in [3.8, 4) is 5.75 Å². The maximum absolute atomic E-state index is 13.3. The molecule has 174 valence electrons. The zero-order valence-corrected chi connectivity index (χ0v) is 19.9. The van der Waals surface area contributed by atoms with Crippen LogP contribution in [0.1, 0.15) is 59.1 Å². The van der Waals surface area contributed by atoms with Gasteiger partial charge in [0.05, 0.1) is 0 Å². The molecule has 0 radical (unpaired) electrons. The van der Waals surface area contributed by atoms with Crippen molar-refractivity contribution < 1.29 is 18.7 Å². The van der Waals surface area contributed by atoms with E-state index in [0.717, 1.165) is 17.5 Å². The van der Waals surface area contributed by atoms with Crippen molar-refractivity contribution in [1.82, 2.24) is 10.2 Å². The first-order valence-corrected chi connectivity index (χ1v) is 11.1. The Morgan fingerprint density at radius 1 is 1.06 bits per heavy atom. The van der Waals surface area contributed by atoms with Crippen LogP contribution in [0.15, 0.2) is 48.5 Å². The lowest BCUT2D eigenvalue weighted by Gasteiger charge is -2.30. The zero-order chi connectivity index (χ0) is 23.9. The number of nitrogens with one attached hydrogen (secondary N) is 1. The van der Waals surface area contributed by atoms with Gasteiger partial charge in [0.25, 0.3) is 5.91 Å². The van der Waals surface area contributed by atoms with Gasteiger partial charge in [-0.25, -0.2) is 4.39 Å². The molecular weight excluding hydrogens is 407 g/mol. The van der Waals surface area contributed by atoms with Crippen LogP contribution in [0.5, 0.6) is 5.75 Å². The lowest BCUT2D eigenvalue weighted by molar-refractivity contribution is -0.142. The summed E-state index contributed by atoms with van der Waals surface area (Å²) >= 11 is 0. The van der Waals surface area contributed by atoms with Crippen molar-refractivity contribution in [1.29, 1.82) is 0 Å². The minimum atomic E-state index is -0.706. The first-order chi connectivity index (χ1) is 15.0. The Kier molecular flexibility index (Phi) is 8.81. The van der Waals surface area contributed by atoms with Crippen LogP contribution in [0.25, 0.3) is 0 Å². The summed E-state index contributed by atoms with van der Waals surface area (Å²) in [7, 11) is 0. The number of nitrogens with zero attached hydrogens (tertiary/aromatic N) is 1. The van der Waals surface area contributed by atoms with Gasteiger partial charge in [-0.2, -0.15) is 0 Å². The molecule has 0 spiro atoms. The van der Waals surface area contributed by atoms with E-state index in [0.29, 0.717) is 5.75 Å². The molecular formula is C26H35FN2O3. The molecule has 0 aliphatic heterocycles. The average Bonchev–Trinajstić information content (AvgIpc) is 2.76. The number of hydrogen-bond donors (Lipinski definition) is 1. The second-order valence-corrected chi connectivity index (χ2v) is 9.18. The van der Waals surface area contributed by atoms with E-state index in [1.165, 1.54) is 17.0 Å². The number of hydrogen-bond acceptors (Lipinski definition) is 3. The average molecular weight is 443 g/mol. The highest BCUT2D eigenvalue weighted by Crippen LogP contribution is 2.31. The van der Waals surface area contributed by atoms with Crippen LogP contribution in [0, 0.1) is 5.82 Å². The highest BCUT2D eigenvalue weighted by atomic mass is 19.1. The fourth-order valence-corrected chi connectivity index (χ4v) is 3.27. The summed E-state index contributed by atoms with van der Waals surface area (Å²) in [6.07, 6.45) is 0.789. The van der Waals surface area contributed by atoms with Crippen LogP contribution < -0.4 is 10.1 Å². The largest absolute Gasteiger partial charge is 0.483 e. The minimum Gasteiger partial charge on any atom is -0.483 e. The molecule has 2 amide bonds. The van der Waals surface area contributed by atoms with E-state index in [-0.39, 0.29) is 42.2 Å². The van der Waals surface area contributed by atoms with Crippen molar-refractivity contribution in [2.45, 2.75) is 72.0 Å². The molecule has 0 bridgehead atoms. The first kappa shape index (κ1) is 25.4. The van der Waals surface area contributed by atoms with E-state index in [4.69, 9.17) is 4.74 Å². The quantitative estimate of drug-likeness (QED) is 0.605. The number of carbonyl (C=O) groups excluding carboxylic acids is 2. The number of rotatable bonds is 9. The van der Waals surface area contributed by atoms with Gasteiger partial charge in [-0.05, 0) is 55.0 Å². The molecule has 32 heavy (non-hydrogen) atoms. The maximum Gasteiger partial charge on any atom is 0.261 e. The van der Waals surface area contributed by atoms with E-state index < -0.39 is 6.04 Å². The van der Waals surface area contributed by atoms with Crippen molar-refractivity contribution in [3.63, 3.8) is 0 Å². The van der Waals surface area contributed by atoms with Crippen LogP contribution in [0.4, 0.5) is 4.39 Å². The summed E-state index contributed by atoms with van der Waals surface area (Å²) in [4.78, 5) is 27.4. The lowest BCUT2D eigenvalue weighted by Crippen LogP contribution is -2.50. The fraction of sp³-hybridized carbons (Fsp3) is 0.462. The lowest BCUT2D eigenvalue weighted by atomic mass is 9.86. The van der Waals surface area contributed by atoms with E-state index >= 15 is 0 Å². The molecule has 0 unspecified atom stereocenters. The van der Waals surface area contributed by atoms with E-state index in [2.05, 4.69) is 26.1 Å². The molecule has 5 nitrogen and oxygen atoms in total. The Bertz CT molecular complexity index is 906. The number of benzene rings is 2. The number of ether oxygens (including phenoxy) is 1. The van der Waals surface area contributed by atoms with Crippen molar-refractivity contribution in [2.24, 2.45) is 0 Å². The second kappa shape index (κ2) is 11.1. The highest BCUT2D eigenvalue weighted by Gasteiger charge is 2.28. The second-order valence-electron chi connectivity index (χ2n) is 9.18. The van der Waals surface area contributed by atoms with Crippen molar-refractivity contribution in [2.75, 3.05) is 6.61 Å². The number of carbonyl (C=O) groups is 2. The van der Waals surface area contributed by atoms with Crippen LogP contribution in [0.3, 0.4) is 0 Å². The molecule has 0 aliphatic carbocycles. The number of amides is 2. The summed E-state index contributed by atoms with van der Waals surface area (Å²) in [6.45, 7) is 11.8. The van der Waals surface area contributed by atoms with Crippen molar-refractivity contribution in [3.05, 3.63) is 65.5 Å². The molecule has 2 aromatic carbocycles. The topological polar surface area (TPSA) is 58.6 Å². The number of para-hydroxylation sites is 1. The van der Waals surface area contributed by atoms with Gasteiger partial charge in [0, 0.05) is 12.6 Å². The molecule has 0 saturated carbocycles. The Morgan fingerprint density at radius 2 is 1.69 bits per heavy atom. The molecule has 6 heteroatoms. The van der Waals surface area contributed by atoms with Gasteiger partial charge in [0.2, 0.25) is 5.91 Å². The summed E-state index contributed by atoms with van der Waals surface area (Å²) in [5.41, 5.74) is 1.59. The van der Waals surface area contributed by atoms with Crippen LogP contribution in [-0.2, 0) is 21.5 Å². The van der Waals surface area contributed by atoms with Crippen LogP contribution in [0.2, 0.25) is 0 Å². The predicted molar refractivity (Wildman–Crippen MR) is 125 cm³/mol. The smallest absolute Gasteiger partial charge is 0.261 e. The summed E-state index contributed by atoms with van der Waals surface area (Å²) < 4.78 is 19.2. The Balaban J connectivity index is 2.21. The Morgan fingerprint density at radius 3 is 2.28 bits per heavy atom. The molecule has 0 heterocycles. The SMILES string of the molecule is CC[C@@H](C)NC(=O)[C@@H](C)N(Cc1ccc(F)cc1)C(=O)COc1ccccc1C(C)(C)C. The number of halogens is 1. The third-order valence-corrected chi connectivity index (χ3v) is 5.48. The summed E-state index contributed by atoms with van der Waals surface area (Å²) in [5, 5.41) is 2.93. The fourth-order valence-electron chi connectivity index (χ4n) is 3.27. The first-order valence-electron chi connectivity index (χ1n) is 11.1. The van der Waals surface area contributed by atoms with Gasteiger partial charge in [-0.1, -0.05) is 58.0 Å². The minimum absolute atomic E-state index is 0.00244. The molecule has 0 fully saturated rings. The van der Waals surface area contributed by atoms with Gasteiger partial charge in [0.15, 0.2) is 6.61 Å². The maximum atomic E-state index is 13.3. The van der Waals surface area contributed by atoms with Gasteiger partial charge in [-0.3, -0.25) is 9.59 Å². The van der Waals surface area contributed by atoms with E-state index in [1.807, 2.05) is 38.1 Å². The molecule has 2 aromatic rings. The zero-order valence-electron chi connectivity index (χ0n) is 19.9. The Hall–Kier alpha value is -2.89. The molecule has 2 rings (SSSR count). The van der Waals surface area contributed by atoms with Gasteiger partial charge >= 0.3 is 0 Å². The Labute approximate surface area is 191 Å². The van der Waals surface area contributed by atoms with Crippen molar-refractivity contribution >= 4 is 11.8 Å². The van der Waals surface area contributed by atoms with Gasteiger partial charge in [-0.15, -0.1) is 0 Å². The van der Waals surface area contributed by atoms with Crippen LogP contribution in [-0.4, -0.2) is 35.4 Å². The standard InChI is InChI=1S/C26H35FN2O3/c1-7-18(2)28-25(31)19(3)29(16-20-12-14-21(27)15-13-20)24(30)17-32-23-11-9-8-10-22(23)26(4,5)6/h8-15,18-19H,7,16-17H2,1-6H3,(H,28,31)/t18-,19-/m1/s1. The van der Waals surface area contributed by atoms with E-state index in [9.17, 15) is 14.0 Å². The third kappa shape index (κ3) is 7.08. The molecule has 2 atom stereocenters. The summed E-state index contributed by atoms with van der Waals surface area (Å²) in [5.74, 6) is -0.252. The summed E-state index contributed by atoms with van der Waals surface area (Å²) in [6, 6.07) is 12.9. The molecule has 1 N–H and O–H groups in total. The molecule has 0 aliphatic rings. The van der Waals surface area contributed by atoms with Crippen LogP contribution >= 0.6 is 0 Å². The monoisotopic (exact) mass is 442 g/mol. The normalized spacial score (nSPS) is 13.2.